The largest absolute Gasteiger partial charge is 0.455 e. The van der Waals surface area contributed by atoms with Gasteiger partial charge in [-0.15, -0.1) is 0 Å². The lowest BCUT2D eigenvalue weighted by Gasteiger charge is -2.19. The van der Waals surface area contributed by atoms with E-state index in [9.17, 15) is 0 Å². The zero-order valence-electron chi connectivity index (χ0n) is 24.6. The van der Waals surface area contributed by atoms with Gasteiger partial charge in [-0.25, -0.2) is 0 Å². The van der Waals surface area contributed by atoms with Crippen LogP contribution in [-0.2, 0) is 0 Å². The Hall–Kier alpha value is -5.92. The Balaban J connectivity index is 1.37. The fourth-order valence-electron chi connectivity index (χ4n) is 7.03. The zero-order chi connectivity index (χ0) is 29.7. The molecule has 0 spiro atoms. The lowest BCUT2D eigenvalue weighted by atomic mass is 9.84. The summed E-state index contributed by atoms with van der Waals surface area (Å²) in [7, 11) is 0. The lowest BCUT2D eigenvalue weighted by Crippen LogP contribution is -1.92. The quantitative estimate of drug-likeness (QED) is 0.191. The first kappa shape index (κ1) is 25.6. The second-order valence-electron chi connectivity index (χ2n) is 11.6. The summed E-state index contributed by atoms with van der Waals surface area (Å²) in [5.41, 5.74) is 11.4. The molecule has 1 nitrogen and oxygen atoms in total. The standard InChI is InChI=1S/C44H28O/c1-3-13-29(14-4-1)31-17-11-18-33(27-31)43-37-21-8-7-20-36(37)42(30-15-5-2-6-16-30)40-28-32(25-26-38(40)43)34-22-12-23-39-35-19-9-10-24-41(35)45-44(34)39/h1-28H. The summed E-state index contributed by atoms with van der Waals surface area (Å²) in [5.74, 6) is 0. The number of fused-ring (bicyclic) bond motifs is 5. The average molecular weight is 573 g/mol. The smallest absolute Gasteiger partial charge is 0.143 e. The van der Waals surface area contributed by atoms with Crippen molar-refractivity contribution in [3.05, 3.63) is 170 Å². The molecular formula is C44H28O. The van der Waals surface area contributed by atoms with Crippen molar-refractivity contribution < 1.29 is 4.42 Å². The summed E-state index contributed by atoms with van der Waals surface area (Å²) in [6.07, 6.45) is 0. The number of rotatable bonds is 4. The predicted molar refractivity (Wildman–Crippen MR) is 190 cm³/mol. The van der Waals surface area contributed by atoms with Gasteiger partial charge in [0.15, 0.2) is 0 Å². The highest BCUT2D eigenvalue weighted by Crippen LogP contribution is 2.46. The van der Waals surface area contributed by atoms with Gasteiger partial charge in [-0.3, -0.25) is 0 Å². The highest BCUT2D eigenvalue weighted by atomic mass is 16.3. The van der Waals surface area contributed by atoms with Crippen LogP contribution in [0.4, 0.5) is 0 Å². The molecule has 0 aliphatic heterocycles. The monoisotopic (exact) mass is 572 g/mol. The molecule has 0 atom stereocenters. The minimum atomic E-state index is 0.914. The molecule has 0 aliphatic rings. The van der Waals surface area contributed by atoms with E-state index < -0.39 is 0 Å². The van der Waals surface area contributed by atoms with Gasteiger partial charge in [-0.1, -0.05) is 152 Å². The van der Waals surface area contributed by atoms with Crippen molar-refractivity contribution >= 4 is 43.5 Å². The molecule has 8 aromatic carbocycles. The molecule has 1 heterocycles. The molecule has 0 aliphatic carbocycles. The lowest BCUT2D eigenvalue weighted by molar-refractivity contribution is 0.670. The summed E-state index contributed by atoms with van der Waals surface area (Å²) in [4.78, 5) is 0. The van der Waals surface area contributed by atoms with E-state index in [1.807, 2.05) is 6.07 Å². The van der Waals surface area contributed by atoms with Gasteiger partial charge >= 0.3 is 0 Å². The SMILES string of the molecule is c1ccc(-c2cccc(-c3c4ccccc4c(-c4ccccc4)c4cc(-c5cccc6c5oc5ccccc56)ccc34)c2)cc1. The third kappa shape index (κ3) is 4.17. The molecule has 0 saturated carbocycles. The van der Waals surface area contributed by atoms with E-state index in [0.29, 0.717) is 0 Å². The molecule has 0 N–H and O–H groups in total. The molecule has 0 fully saturated rings. The van der Waals surface area contributed by atoms with Crippen LogP contribution in [0.3, 0.4) is 0 Å². The number of para-hydroxylation sites is 2. The summed E-state index contributed by atoms with van der Waals surface area (Å²) < 4.78 is 6.48. The van der Waals surface area contributed by atoms with E-state index in [0.717, 1.165) is 33.1 Å². The van der Waals surface area contributed by atoms with Crippen molar-refractivity contribution in [2.45, 2.75) is 0 Å². The van der Waals surface area contributed by atoms with Gasteiger partial charge in [0.1, 0.15) is 11.2 Å². The minimum absolute atomic E-state index is 0.914. The van der Waals surface area contributed by atoms with Gasteiger partial charge in [0, 0.05) is 16.3 Å². The van der Waals surface area contributed by atoms with Crippen LogP contribution in [0.15, 0.2) is 174 Å². The van der Waals surface area contributed by atoms with E-state index in [2.05, 4.69) is 164 Å². The molecule has 0 saturated heterocycles. The van der Waals surface area contributed by atoms with Gasteiger partial charge < -0.3 is 4.42 Å². The van der Waals surface area contributed by atoms with Crippen molar-refractivity contribution in [1.29, 1.82) is 0 Å². The first-order valence-electron chi connectivity index (χ1n) is 15.4. The highest BCUT2D eigenvalue weighted by molar-refractivity contribution is 6.22. The van der Waals surface area contributed by atoms with Crippen LogP contribution in [0.5, 0.6) is 0 Å². The van der Waals surface area contributed by atoms with Crippen molar-refractivity contribution in [3.8, 4) is 44.5 Å². The average Bonchev–Trinajstić information content (AvgIpc) is 3.50. The van der Waals surface area contributed by atoms with E-state index in [4.69, 9.17) is 4.42 Å². The van der Waals surface area contributed by atoms with Crippen LogP contribution in [-0.4, -0.2) is 0 Å². The summed E-state index contributed by atoms with van der Waals surface area (Å²) in [6, 6.07) is 61.0. The third-order valence-electron chi connectivity index (χ3n) is 9.06. The zero-order valence-corrected chi connectivity index (χ0v) is 24.6. The maximum atomic E-state index is 6.48. The Labute approximate surface area is 261 Å². The highest BCUT2D eigenvalue weighted by Gasteiger charge is 2.19. The first-order valence-corrected chi connectivity index (χ1v) is 15.4. The van der Waals surface area contributed by atoms with Crippen LogP contribution in [0.2, 0.25) is 0 Å². The molecule has 1 heteroatoms. The van der Waals surface area contributed by atoms with E-state index in [1.54, 1.807) is 0 Å². The molecule has 0 bridgehead atoms. The molecule has 9 rings (SSSR count). The molecule has 0 unspecified atom stereocenters. The summed E-state index contributed by atoms with van der Waals surface area (Å²) in [5, 5.41) is 7.25. The fraction of sp³-hybridized carbons (Fsp3) is 0. The van der Waals surface area contributed by atoms with Crippen molar-refractivity contribution in [2.75, 3.05) is 0 Å². The van der Waals surface area contributed by atoms with Gasteiger partial charge in [-0.2, -0.15) is 0 Å². The third-order valence-corrected chi connectivity index (χ3v) is 9.06. The molecule has 1 aromatic heterocycles. The summed E-state index contributed by atoms with van der Waals surface area (Å²) >= 11 is 0. The number of hydrogen-bond acceptors (Lipinski definition) is 1. The molecule has 210 valence electrons. The van der Waals surface area contributed by atoms with Gasteiger partial charge in [0.25, 0.3) is 0 Å². The predicted octanol–water partition coefficient (Wildman–Crippen LogP) is 12.6. The van der Waals surface area contributed by atoms with E-state index in [-0.39, 0.29) is 0 Å². The van der Waals surface area contributed by atoms with Crippen LogP contribution in [0.25, 0.3) is 88.0 Å². The van der Waals surface area contributed by atoms with E-state index in [1.165, 1.54) is 54.9 Å². The first-order chi connectivity index (χ1) is 22.3. The fourth-order valence-corrected chi connectivity index (χ4v) is 7.03. The van der Waals surface area contributed by atoms with Crippen LogP contribution in [0.1, 0.15) is 0 Å². The molecule has 9 aromatic rings. The Morgan fingerprint density at radius 3 is 1.62 bits per heavy atom. The second-order valence-corrected chi connectivity index (χ2v) is 11.6. The maximum absolute atomic E-state index is 6.48. The molecule has 0 radical (unpaired) electrons. The van der Waals surface area contributed by atoms with Crippen LogP contribution >= 0.6 is 0 Å². The Bertz CT molecular complexity index is 2520. The second kappa shape index (κ2) is 10.4. The van der Waals surface area contributed by atoms with Gasteiger partial charge in [-0.05, 0) is 78.7 Å². The van der Waals surface area contributed by atoms with Gasteiger partial charge in [0.05, 0.1) is 0 Å². The number of furan rings is 1. The number of benzene rings is 8. The topological polar surface area (TPSA) is 13.1 Å². The van der Waals surface area contributed by atoms with Crippen molar-refractivity contribution in [3.63, 3.8) is 0 Å². The number of hydrogen-bond donors (Lipinski definition) is 0. The van der Waals surface area contributed by atoms with Crippen LogP contribution in [0, 0.1) is 0 Å². The van der Waals surface area contributed by atoms with Crippen molar-refractivity contribution in [2.24, 2.45) is 0 Å². The molecule has 0 amide bonds. The molecule has 45 heavy (non-hydrogen) atoms. The summed E-state index contributed by atoms with van der Waals surface area (Å²) in [6.45, 7) is 0. The Morgan fingerprint density at radius 1 is 0.289 bits per heavy atom. The van der Waals surface area contributed by atoms with Gasteiger partial charge in [0.2, 0.25) is 0 Å². The van der Waals surface area contributed by atoms with Crippen molar-refractivity contribution in [1.82, 2.24) is 0 Å². The molecular weight excluding hydrogens is 544 g/mol. The van der Waals surface area contributed by atoms with Crippen LogP contribution < -0.4 is 0 Å². The minimum Gasteiger partial charge on any atom is -0.455 e. The Morgan fingerprint density at radius 2 is 0.844 bits per heavy atom. The van der Waals surface area contributed by atoms with E-state index >= 15 is 0 Å². The Kier molecular flexibility index (Phi) is 5.89. The normalized spacial score (nSPS) is 11.6. The maximum Gasteiger partial charge on any atom is 0.143 e.